The van der Waals surface area contributed by atoms with Crippen LogP contribution in [0.3, 0.4) is 0 Å². The van der Waals surface area contributed by atoms with Gasteiger partial charge in [-0.2, -0.15) is 0 Å². The van der Waals surface area contributed by atoms with E-state index in [1.165, 1.54) is 19.3 Å². The molecule has 0 radical (unpaired) electrons. The van der Waals surface area contributed by atoms with Gasteiger partial charge in [0, 0.05) is 30.7 Å². The molecule has 4 N–H and O–H groups in total. The van der Waals surface area contributed by atoms with Gasteiger partial charge in [-0.25, -0.2) is 0 Å². The third kappa shape index (κ3) is 5.95. The van der Waals surface area contributed by atoms with Crippen LogP contribution < -0.4 is 16.4 Å². The summed E-state index contributed by atoms with van der Waals surface area (Å²) in [5.41, 5.74) is 17.2. The van der Waals surface area contributed by atoms with Crippen LogP contribution in [-0.4, -0.2) is 37.2 Å². The number of likely N-dealkylation sites (tertiary alicyclic amines) is 1. The number of anilines is 1. The summed E-state index contributed by atoms with van der Waals surface area (Å²) in [6.07, 6.45) is 7.84. The molecule has 0 saturated carbocycles. The standard InChI is InChI=1S/C26H36N4OS2/c1-18-13-16-33-24(18)23(27)19(2)22(25(28)30-14-8-6-5-7-9-15-30)26(31)29(3)20-11-10-12-21(17-20)32-4/h10-13,16-17H,5-9,14-15,27-28H2,1-4H3/b23-19-,25-22-. The quantitative estimate of drug-likeness (QED) is 0.319. The molecule has 1 fully saturated rings. The van der Waals surface area contributed by atoms with Gasteiger partial charge in [0.05, 0.1) is 16.1 Å². The van der Waals surface area contributed by atoms with E-state index >= 15 is 0 Å². The first-order valence-electron chi connectivity index (χ1n) is 11.5. The second-order valence-corrected chi connectivity index (χ2v) is 10.3. The normalized spacial score (nSPS) is 16.4. The van der Waals surface area contributed by atoms with Crippen molar-refractivity contribution in [3.8, 4) is 0 Å². The Balaban J connectivity index is 2.09. The lowest BCUT2D eigenvalue weighted by Gasteiger charge is -2.30. The summed E-state index contributed by atoms with van der Waals surface area (Å²) in [6, 6.07) is 10.0. The number of likely N-dealkylation sites (N-methyl/N-ethyl adjacent to an activating group) is 1. The van der Waals surface area contributed by atoms with Crippen LogP contribution in [0.2, 0.25) is 0 Å². The Bertz CT molecular complexity index is 1030. The number of hydrogen-bond acceptors (Lipinski definition) is 6. The third-order valence-corrected chi connectivity index (χ3v) is 8.07. The highest BCUT2D eigenvalue weighted by Crippen LogP contribution is 2.30. The van der Waals surface area contributed by atoms with E-state index in [4.69, 9.17) is 11.5 Å². The van der Waals surface area contributed by atoms with Crippen molar-refractivity contribution >= 4 is 40.4 Å². The third-order valence-electron chi connectivity index (χ3n) is 6.30. The molecule has 1 saturated heterocycles. The highest BCUT2D eigenvalue weighted by Gasteiger charge is 2.26. The van der Waals surface area contributed by atoms with E-state index in [1.54, 1.807) is 28.0 Å². The van der Waals surface area contributed by atoms with E-state index in [0.29, 0.717) is 17.1 Å². The molecule has 1 amide bonds. The molecule has 0 spiro atoms. The lowest BCUT2D eigenvalue weighted by atomic mass is 10.0. The molecule has 0 unspecified atom stereocenters. The molecule has 1 aliphatic heterocycles. The maximum Gasteiger partial charge on any atom is 0.262 e. The van der Waals surface area contributed by atoms with Gasteiger partial charge in [0.2, 0.25) is 0 Å². The fourth-order valence-corrected chi connectivity index (χ4v) is 5.56. The summed E-state index contributed by atoms with van der Waals surface area (Å²) < 4.78 is 0. The van der Waals surface area contributed by atoms with Crippen molar-refractivity contribution in [3.63, 3.8) is 0 Å². The van der Waals surface area contributed by atoms with Crippen molar-refractivity contribution in [3.05, 3.63) is 63.1 Å². The van der Waals surface area contributed by atoms with Crippen LogP contribution in [-0.2, 0) is 4.79 Å². The number of thiophene rings is 1. The number of rotatable bonds is 6. The first-order chi connectivity index (χ1) is 15.8. The van der Waals surface area contributed by atoms with Gasteiger partial charge in [-0.05, 0) is 73.7 Å². The van der Waals surface area contributed by atoms with Gasteiger partial charge in [0.15, 0.2) is 0 Å². The van der Waals surface area contributed by atoms with Crippen molar-refractivity contribution in [2.45, 2.75) is 50.8 Å². The summed E-state index contributed by atoms with van der Waals surface area (Å²) in [7, 11) is 1.81. The fraction of sp³-hybridized carbons (Fsp3) is 0.423. The van der Waals surface area contributed by atoms with E-state index in [-0.39, 0.29) is 5.91 Å². The first-order valence-corrected chi connectivity index (χ1v) is 13.6. The smallest absolute Gasteiger partial charge is 0.262 e. The Morgan fingerprint density at radius 2 is 1.76 bits per heavy atom. The van der Waals surface area contributed by atoms with E-state index in [0.717, 1.165) is 52.5 Å². The number of thioether (sulfide) groups is 1. The topological polar surface area (TPSA) is 75.6 Å². The van der Waals surface area contributed by atoms with Crippen molar-refractivity contribution < 1.29 is 4.79 Å². The van der Waals surface area contributed by atoms with Crippen molar-refractivity contribution in [1.82, 2.24) is 4.90 Å². The molecule has 0 atom stereocenters. The molecule has 1 aromatic carbocycles. The van der Waals surface area contributed by atoms with Gasteiger partial charge in [-0.15, -0.1) is 23.1 Å². The lowest BCUT2D eigenvalue weighted by Crippen LogP contribution is -2.37. The Labute approximate surface area is 206 Å². The SMILES string of the molecule is CSc1cccc(N(C)C(=O)C(/C(C)=C(\N)c2sccc2C)=C(/N)N2CCCCCCC2)c1. The number of benzene rings is 1. The van der Waals surface area contributed by atoms with Crippen LogP contribution >= 0.6 is 23.1 Å². The Morgan fingerprint density at radius 3 is 2.36 bits per heavy atom. The zero-order valence-electron chi connectivity index (χ0n) is 20.2. The maximum atomic E-state index is 13.9. The number of nitrogens with zero attached hydrogens (tertiary/aromatic N) is 2. The number of carbonyl (C=O) groups is 1. The van der Waals surface area contributed by atoms with E-state index < -0.39 is 0 Å². The average Bonchev–Trinajstić information content (AvgIpc) is 3.23. The minimum atomic E-state index is -0.137. The van der Waals surface area contributed by atoms with Gasteiger partial charge in [-0.3, -0.25) is 4.79 Å². The molecule has 0 aliphatic carbocycles. The number of amides is 1. The molecule has 33 heavy (non-hydrogen) atoms. The number of nitrogens with two attached hydrogens (primary N) is 2. The minimum absolute atomic E-state index is 0.137. The van der Waals surface area contributed by atoms with E-state index in [2.05, 4.69) is 4.90 Å². The van der Waals surface area contributed by atoms with Crippen molar-refractivity contribution in [2.75, 3.05) is 31.3 Å². The summed E-state index contributed by atoms with van der Waals surface area (Å²) in [6.45, 7) is 5.68. The molecular weight excluding hydrogens is 448 g/mol. The minimum Gasteiger partial charge on any atom is -0.397 e. The molecule has 2 aromatic rings. The second-order valence-electron chi connectivity index (χ2n) is 8.55. The predicted octanol–water partition coefficient (Wildman–Crippen LogP) is 5.57. The molecule has 1 aromatic heterocycles. The average molecular weight is 485 g/mol. The highest BCUT2D eigenvalue weighted by atomic mass is 32.2. The van der Waals surface area contributed by atoms with Crippen LogP contribution in [0.5, 0.6) is 0 Å². The molecule has 0 bridgehead atoms. The van der Waals surface area contributed by atoms with Crippen molar-refractivity contribution in [2.24, 2.45) is 11.5 Å². The first kappa shape index (κ1) is 25.2. The summed E-state index contributed by atoms with van der Waals surface area (Å²) >= 11 is 3.24. The zero-order chi connectivity index (χ0) is 24.0. The largest absolute Gasteiger partial charge is 0.397 e. The van der Waals surface area contributed by atoms with E-state index in [9.17, 15) is 4.79 Å². The molecule has 7 heteroatoms. The van der Waals surface area contributed by atoms with Crippen LogP contribution in [0.1, 0.15) is 49.5 Å². The van der Waals surface area contributed by atoms with Gasteiger partial charge in [-0.1, -0.05) is 25.3 Å². The zero-order valence-corrected chi connectivity index (χ0v) is 21.8. The van der Waals surface area contributed by atoms with Gasteiger partial charge < -0.3 is 21.3 Å². The second kappa shape index (κ2) is 11.7. The Hall–Kier alpha value is -2.38. The van der Waals surface area contributed by atoms with Gasteiger partial charge in [0.25, 0.3) is 5.91 Å². The van der Waals surface area contributed by atoms with E-state index in [1.807, 2.05) is 62.9 Å². The van der Waals surface area contributed by atoms with Crippen molar-refractivity contribution in [1.29, 1.82) is 0 Å². The van der Waals surface area contributed by atoms with Crippen LogP contribution in [0, 0.1) is 6.92 Å². The predicted molar refractivity (Wildman–Crippen MR) is 143 cm³/mol. The molecule has 1 aliphatic rings. The molecule has 3 rings (SSSR count). The number of hydrogen-bond donors (Lipinski definition) is 2. The Morgan fingerprint density at radius 1 is 1.09 bits per heavy atom. The molecule has 2 heterocycles. The van der Waals surface area contributed by atoms with Gasteiger partial charge in [0.1, 0.15) is 5.82 Å². The van der Waals surface area contributed by atoms with Crippen LogP contribution in [0.4, 0.5) is 5.69 Å². The van der Waals surface area contributed by atoms with Crippen LogP contribution in [0.15, 0.2) is 57.6 Å². The maximum absolute atomic E-state index is 13.9. The van der Waals surface area contributed by atoms with Crippen LogP contribution in [0.25, 0.3) is 5.70 Å². The summed E-state index contributed by atoms with van der Waals surface area (Å²) in [5.74, 6) is 0.395. The summed E-state index contributed by atoms with van der Waals surface area (Å²) in [4.78, 5) is 19.9. The molecule has 178 valence electrons. The summed E-state index contributed by atoms with van der Waals surface area (Å²) in [5, 5.41) is 2.03. The Kier molecular flexibility index (Phi) is 8.92. The highest BCUT2D eigenvalue weighted by molar-refractivity contribution is 7.98. The molecule has 5 nitrogen and oxygen atoms in total. The number of carbonyl (C=O) groups excluding carboxylic acids is 1. The fourth-order valence-electron chi connectivity index (χ4n) is 4.17. The molecular formula is C26H36N4OS2. The number of aryl methyl sites for hydroxylation is 1. The lowest BCUT2D eigenvalue weighted by molar-refractivity contribution is -0.114. The monoisotopic (exact) mass is 484 g/mol. The van der Waals surface area contributed by atoms with Gasteiger partial charge >= 0.3 is 0 Å².